The van der Waals surface area contributed by atoms with E-state index in [-0.39, 0.29) is 0 Å². The molecule has 0 spiro atoms. The van der Waals surface area contributed by atoms with Crippen LogP contribution in [0.5, 0.6) is 0 Å². The van der Waals surface area contributed by atoms with E-state index in [4.69, 9.17) is 5.11 Å². The van der Waals surface area contributed by atoms with E-state index >= 15 is 0 Å². The lowest BCUT2D eigenvalue weighted by Gasteiger charge is -2.04. The molecule has 0 radical (unpaired) electrons. The van der Waals surface area contributed by atoms with Gasteiger partial charge in [0.1, 0.15) is 0 Å². The number of carbonyl (C=O) groups is 1. The summed E-state index contributed by atoms with van der Waals surface area (Å²) in [5.41, 5.74) is 3.36. The molecule has 0 unspecified atom stereocenters. The summed E-state index contributed by atoms with van der Waals surface area (Å²) in [7, 11) is 0. The van der Waals surface area contributed by atoms with Crippen LogP contribution in [-0.2, 0) is 11.2 Å². The third kappa shape index (κ3) is 3.29. The average Bonchev–Trinajstić information content (AvgIpc) is 2.80. The van der Waals surface area contributed by atoms with Crippen LogP contribution in [0.2, 0.25) is 0 Å². The fraction of sp³-hybridized carbons (Fsp3) is 0.0714. The van der Waals surface area contributed by atoms with Gasteiger partial charge in [0.15, 0.2) is 0 Å². The molecule has 1 N–H and O–H groups in total. The summed E-state index contributed by atoms with van der Waals surface area (Å²) in [5, 5.41) is 12.8. The molecule has 1 aromatic carbocycles. The van der Waals surface area contributed by atoms with Crippen LogP contribution in [0, 0.1) is 0 Å². The molecule has 0 saturated heterocycles. The average molecular weight is 244 g/mol. The number of hydrogen-bond acceptors (Lipinski definition) is 2. The van der Waals surface area contributed by atoms with Crippen LogP contribution in [0.4, 0.5) is 0 Å². The van der Waals surface area contributed by atoms with Crippen molar-refractivity contribution in [3.05, 3.63) is 63.9 Å². The largest absolute Gasteiger partial charge is 0.478 e. The second kappa shape index (κ2) is 5.46. The van der Waals surface area contributed by atoms with Gasteiger partial charge in [-0.25, -0.2) is 4.79 Å². The molecule has 0 fully saturated rings. The molecule has 17 heavy (non-hydrogen) atoms. The molecule has 1 aromatic heterocycles. The summed E-state index contributed by atoms with van der Waals surface area (Å²) in [6, 6.07) is 9.93. The zero-order valence-electron chi connectivity index (χ0n) is 9.17. The van der Waals surface area contributed by atoms with Crippen molar-refractivity contribution >= 4 is 23.4 Å². The quantitative estimate of drug-likeness (QED) is 0.836. The van der Waals surface area contributed by atoms with E-state index in [0.717, 1.165) is 17.5 Å². The fourth-order valence-electron chi connectivity index (χ4n) is 1.63. The number of aliphatic carboxylic acids is 1. The first-order valence-electron chi connectivity index (χ1n) is 5.25. The maximum absolute atomic E-state index is 10.5. The first-order chi connectivity index (χ1) is 8.25. The van der Waals surface area contributed by atoms with Crippen molar-refractivity contribution < 1.29 is 9.90 Å². The van der Waals surface area contributed by atoms with E-state index in [1.807, 2.05) is 29.6 Å². The van der Waals surface area contributed by atoms with E-state index in [2.05, 4.69) is 11.4 Å². The molecule has 0 bridgehead atoms. The molecule has 0 atom stereocenters. The molecule has 0 amide bonds. The summed E-state index contributed by atoms with van der Waals surface area (Å²) in [6.45, 7) is 0. The molecular weight excluding hydrogens is 232 g/mol. The SMILES string of the molecule is O=C(O)/C=C/c1ccccc1Cc1ccsc1. The Morgan fingerprint density at radius 2 is 2.12 bits per heavy atom. The van der Waals surface area contributed by atoms with E-state index in [9.17, 15) is 4.79 Å². The van der Waals surface area contributed by atoms with E-state index in [1.54, 1.807) is 17.4 Å². The van der Waals surface area contributed by atoms with Crippen molar-refractivity contribution in [2.45, 2.75) is 6.42 Å². The lowest BCUT2D eigenvalue weighted by atomic mass is 10.0. The van der Waals surface area contributed by atoms with Crippen LogP contribution >= 0.6 is 11.3 Å². The lowest BCUT2D eigenvalue weighted by Crippen LogP contribution is -1.91. The topological polar surface area (TPSA) is 37.3 Å². The summed E-state index contributed by atoms with van der Waals surface area (Å²) < 4.78 is 0. The minimum Gasteiger partial charge on any atom is -0.478 e. The Labute approximate surface area is 104 Å². The van der Waals surface area contributed by atoms with E-state index in [1.165, 1.54) is 11.6 Å². The highest BCUT2D eigenvalue weighted by atomic mass is 32.1. The maximum Gasteiger partial charge on any atom is 0.328 e. The molecule has 2 aromatic rings. The zero-order valence-corrected chi connectivity index (χ0v) is 9.98. The second-order valence-electron chi connectivity index (χ2n) is 3.68. The van der Waals surface area contributed by atoms with Crippen molar-refractivity contribution in [2.75, 3.05) is 0 Å². The minimum absolute atomic E-state index is 0.837. The normalized spacial score (nSPS) is 10.8. The highest BCUT2D eigenvalue weighted by Gasteiger charge is 2.01. The van der Waals surface area contributed by atoms with E-state index < -0.39 is 5.97 Å². The molecule has 86 valence electrons. The van der Waals surface area contributed by atoms with Gasteiger partial charge in [-0.05, 0) is 46.0 Å². The molecule has 0 aliphatic heterocycles. The lowest BCUT2D eigenvalue weighted by molar-refractivity contribution is -0.131. The summed E-state index contributed by atoms with van der Waals surface area (Å²) >= 11 is 1.67. The summed E-state index contributed by atoms with van der Waals surface area (Å²) in [4.78, 5) is 10.5. The monoisotopic (exact) mass is 244 g/mol. The van der Waals surface area contributed by atoms with Crippen molar-refractivity contribution in [1.29, 1.82) is 0 Å². The van der Waals surface area contributed by atoms with Gasteiger partial charge >= 0.3 is 5.97 Å². The highest BCUT2D eigenvalue weighted by Crippen LogP contribution is 2.17. The van der Waals surface area contributed by atoms with Crippen LogP contribution < -0.4 is 0 Å². The van der Waals surface area contributed by atoms with Crippen LogP contribution in [0.25, 0.3) is 6.08 Å². The maximum atomic E-state index is 10.5. The van der Waals surface area contributed by atoms with Crippen LogP contribution in [0.15, 0.2) is 47.2 Å². The Hall–Kier alpha value is -1.87. The molecule has 2 nitrogen and oxygen atoms in total. The van der Waals surface area contributed by atoms with Crippen molar-refractivity contribution in [1.82, 2.24) is 0 Å². The first kappa shape index (κ1) is 11.6. The first-order valence-corrected chi connectivity index (χ1v) is 6.20. The fourth-order valence-corrected chi connectivity index (χ4v) is 2.30. The number of carboxylic acids is 1. The second-order valence-corrected chi connectivity index (χ2v) is 4.46. The molecule has 0 saturated carbocycles. The van der Waals surface area contributed by atoms with Crippen molar-refractivity contribution in [2.24, 2.45) is 0 Å². The highest BCUT2D eigenvalue weighted by molar-refractivity contribution is 7.07. The number of benzene rings is 1. The number of rotatable bonds is 4. The van der Waals surface area contributed by atoms with Gasteiger partial charge < -0.3 is 5.11 Å². The third-order valence-corrected chi connectivity index (χ3v) is 3.17. The zero-order chi connectivity index (χ0) is 12.1. The van der Waals surface area contributed by atoms with Gasteiger partial charge in [-0.1, -0.05) is 24.3 Å². The van der Waals surface area contributed by atoms with Gasteiger partial charge in [0, 0.05) is 6.08 Å². The van der Waals surface area contributed by atoms with Gasteiger partial charge in [0.2, 0.25) is 0 Å². The molecule has 2 rings (SSSR count). The van der Waals surface area contributed by atoms with Gasteiger partial charge in [0.25, 0.3) is 0 Å². The van der Waals surface area contributed by atoms with E-state index in [0.29, 0.717) is 0 Å². The van der Waals surface area contributed by atoms with Gasteiger partial charge in [0.05, 0.1) is 0 Å². The van der Waals surface area contributed by atoms with Crippen molar-refractivity contribution in [3.63, 3.8) is 0 Å². The third-order valence-electron chi connectivity index (χ3n) is 2.44. The van der Waals surface area contributed by atoms with Gasteiger partial charge in [-0.15, -0.1) is 0 Å². The Morgan fingerprint density at radius 3 is 2.82 bits per heavy atom. The van der Waals surface area contributed by atoms with Crippen LogP contribution in [-0.4, -0.2) is 11.1 Å². The number of carboxylic acid groups (broad SMARTS) is 1. The van der Waals surface area contributed by atoms with Gasteiger partial charge in [-0.2, -0.15) is 11.3 Å². The number of thiophene rings is 1. The molecule has 0 aliphatic rings. The molecule has 0 aliphatic carbocycles. The standard InChI is InChI=1S/C14H12O2S/c15-14(16)6-5-12-3-1-2-4-13(12)9-11-7-8-17-10-11/h1-8,10H,9H2,(H,15,16)/b6-5+. The van der Waals surface area contributed by atoms with Crippen molar-refractivity contribution in [3.8, 4) is 0 Å². The van der Waals surface area contributed by atoms with Crippen LogP contribution in [0.1, 0.15) is 16.7 Å². The molecular formula is C14H12O2S. The Balaban J connectivity index is 2.24. The Morgan fingerprint density at radius 1 is 1.29 bits per heavy atom. The minimum atomic E-state index is -0.921. The Bertz CT molecular complexity index is 527. The smallest absolute Gasteiger partial charge is 0.328 e. The van der Waals surface area contributed by atoms with Crippen LogP contribution in [0.3, 0.4) is 0 Å². The predicted octanol–water partition coefficient (Wildman–Crippen LogP) is 3.44. The predicted molar refractivity (Wildman–Crippen MR) is 70.2 cm³/mol. The summed E-state index contributed by atoms with van der Waals surface area (Å²) in [6.07, 6.45) is 3.65. The Kier molecular flexibility index (Phi) is 3.73. The van der Waals surface area contributed by atoms with Gasteiger partial charge in [-0.3, -0.25) is 0 Å². The summed E-state index contributed by atoms with van der Waals surface area (Å²) in [5.74, 6) is -0.921. The number of hydrogen-bond donors (Lipinski definition) is 1. The molecule has 3 heteroatoms. The molecule has 1 heterocycles.